The molecule has 0 aliphatic heterocycles. The van der Waals surface area contributed by atoms with Crippen molar-refractivity contribution in [3.8, 4) is 0 Å². The van der Waals surface area contributed by atoms with Gasteiger partial charge in [0.25, 0.3) is 0 Å². The maximum atomic E-state index is 5.73. The minimum atomic E-state index is 0.550. The van der Waals surface area contributed by atoms with Crippen LogP contribution in [0.4, 0.5) is 5.82 Å². The molecule has 0 amide bonds. The third-order valence-electron chi connectivity index (χ3n) is 2.72. The number of hydrogen-bond donors (Lipinski definition) is 1. The highest BCUT2D eigenvalue weighted by atomic mass is 15.2. The summed E-state index contributed by atoms with van der Waals surface area (Å²) in [6, 6.07) is 4.09. The zero-order valence-electron chi connectivity index (χ0n) is 10.8. The van der Waals surface area contributed by atoms with Crippen LogP contribution in [-0.4, -0.2) is 18.6 Å². The molecule has 0 saturated carbocycles. The molecule has 3 nitrogen and oxygen atoms in total. The third-order valence-corrected chi connectivity index (χ3v) is 2.72. The van der Waals surface area contributed by atoms with Gasteiger partial charge in [-0.05, 0) is 25.3 Å². The lowest BCUT2D eigenvalue weighted by atomic mass is 10.1. The molecule has 90 valence electrons. The molecule has 1 rings (SSSR count). The summed E-state index contributed by atoms with van der Waals surface area (Å²) in [5.41, 5.74) is 7.89. The van der Waals surface area contributed by atoms with Gasteiger partial charge < -0.3 is 10.6 Å². The van der Waals surface area contributed by atoms with Crippen LogP contribution in [0.3, 0.4) is 0 Å². The normalized spacial score (nSPS) is 10.9. The minimum Gasteiger partial charge on any atom is -0.359 e. The second-order valence-electron chi connectivity index (χ2n) is 4.74. The van der Waals surface area contributed by atoms with Crippen molar-refractivity contribution in [2.75, 3.05) is 18.5 Å². The lowest BCUT2D eigenvalue weighted by Crippen LogP contribution is -2.23. The molecule has 3 heteroatoms. The summed E-state index contributed by atoms with van der Waals surface area (Å²) < 4.78 is 0. The molecule has 1 aromatic heterocycles. The smallest absolute Gasteiger partial charge is 0.133 e. The van der Waals surface area contributed by atoms with Crippen molar-refractivity contribution in [2.24, 2.45) is 11.7 Å². The summed E-state index contributed by atoms with van der Waals surface area (Å²) in [5.74, 6) is 1.75. The van der Waals surface area contributed by atoms with Crippen LogP contribution in [0.25, 0.3) is 0 Å². The van der Waals surface area contributed by atoms with Crippen LogP contribution in [0.2, 0.25) is 0 Å². The van der Waals surface area contributed by atoms with E-state index in [1.807, 2.05) is 13.0 Å². The molecule has 0 atom stereocenters. The van der Waals surface area contributed by atoms with Crippen molar-refractivity contribution >= 4 is 5.82 Å². The van der Waals surface area contributed by atoms with Gasteiger partial charge in [-0.2, -0.15) is 0 Å². The van der Waals surface area contributed by atoms with Gasteiger partial charge in [0.2, 0.25) is 0 Å². The fourth-order valence-electron chi connectivity index (χ4n) is 1.62. The van der Waals surface area contributed by atoms with Crippen LogP contribution in [-0.2, 0) is 6.54 Å². The van der Waals surface area contributed by atoms with Gasteiger partial charge >= 0.3 is 0 Å². The van der Waals surface area contributed by atoms with Crippen molar-refractivity contribution < 1.29 is 0 Å². The molecule has 0 aliphatic carbocycles. The fourth-order valence-corrected chi connectivity index (χ4v) is 1.62. The Morgan fingerprint density at radius 2 is 2.06 bits per heavy atom. The van der Waals surface area contributed by atoms with E-state index in [1.54, 1.807) is 0 Å². The second-order valence-corrected chi connectivity index (χ2v) is 4.74. The maximum absolute atomic E-state index is 5.73. The fraction of sp³-hybridized carbons (Fsp3) is 0.615. The highest BCUT2D eigenvalue weighted by Crippen LogP contribution is 2.17. The maximum Gasteiger partial charge on any atom is 0.133 e. The zero-order valence-corrected chi connectivity index (χ0v) is 10.8. The van der Waals surface area contributed by atoms with E-state index < -0.39 is 0 Å². The molecule has 0 fully saturated rings. The van der Waals surface area contributed by atoms with Gasteiger partial charge in [-0.3, -0.25) is 0 Å². The summed E-state index contributed by atoms with van der Waals surface area (Å²) in [6.07, 6.45) is 1.18. The molecule has 2 N–H and O–H groups in total. The minimum absolute atomic E-state index is 0.550. The predicted octanol–water partition coefficient (Wildman–Crippen LogP) is 2.33. The Labute approximate surface area is 98.7 Å². The van der Waals surface area contributed by atoms with Crippen LogP contribution in [0.5, 0.6) is 0 Å². The first-order chi connectivity index (χ1) is 7.54. The first-order valence-electron chi connectivity index (χ1n) is 5.92. The van der Waals surface area contributed by atoms with E-state index in [2.05, 4.69) is 36.8 Å². The van der Waals surface area contributed by atoms with Gasteiger partial charge in [0.1, 0.15) is 5.82 Å². The number of nitrogens with zero attached hydrogens (tertiary/aromatic N) is 2. The molecule has 1 aromatic rings. The van der Waals surface area contributed by atoms with Gasteiger partial charge in [0.15, 0.2) is 0 Å². The van der Waals surface area contributed by atoms with E-state index in [4.69, 9.17) is 5.73 Å². The second kappa shape index (κ2) is 5.85. The number of aryl methyl sites for hydroxylation is 1. The molecule has 0 aliphatic rings. The highest BCUT2D eigenvalue weighted by Gasteiger charge is 2.08. The third kappa shape index (κ3) is 3.49. The van der Waals surface area contributed by atoms with Crippen molar-refractivity contribution in [1.82, 2.24) is 4.98 Å². The Morgan fingerprint density at radius 1 is 1.38 bits per heavy atom. The number of rotatable bonds is 5. The van der Waals surface area contributed by atoms with Gasteiger partial charge in [0.05, 0.1) is 0 Å². The Bertz CT molecular complexity index is 334. The molecule has 16 heavy (non-hydrogen) atoms. The van der Waals surface area contributed by atoms with Crippen molar-refractivity contribution in [1.29, 1.82) is 0 Å². The number of aromatic nitrogens is 1. The predicted molar refractivity (Wildman–Crippen MR) is 69.6 cm³/mol. The summed E-state index contributed by atoms with van der Waals surface area (Å²) in [6.45, 7) is 8.07. The van der Waals surface area contributed by atoms with E-state index in [9.17, 15) is 0 Å². The van der Waals surface area contributed by atoms with Gasteiger partial charge in [-0.25, -0.2) is 4.98 Å². The van der Waals surface area contributed by atoms with Gasteiger partial charge in [-0.1, -0.05) is 19.9 Å². The standard InChI is InChI=1S/C13H23N3/c1-10(2)7-8-16(4)13-12(9-14)6-5-11(3)15-13/h5-6,10H,7-9,14H2,1-4H3. The molecule has 0 bridgehead atoms. The van der Waals surface area contributed by atoms with E-state index in [0.29, 0.717) is 12.5 Å². The Morgan fingerprint density at radius 3 is 2.62 bits per heavy atom. The number of anilines is 1. The monoisotopic (exact) mass is 221 g/mol. The van der Waals surface area contributed by atoms with Crippen LogP contribution in [0.15, 0.2) is 12.1 Å². The van der Waals surface area contributed by atoms with Gasteiger partial charge in [0, 0.05) is 31.4 Å². The Kier molecular flexibility index (Phi) is 4.74. The van der Waals surface area contributed by atoms with E-state index in [-0.39, 0.29) is 0 Å². The molecule has 0 unspecified atom stereocenters. The molecule has 0 radical (unpaired) electrons. The molecular weight excluding hydrogens is 198 g/mol. The average Bonchev–Trinajstić information content (AvgIpc) is 2.25. The molecule has 0 aromatic carbocycles. The van der Waals surface area contributed by atoms with Crippen LogP contribution in [0.1, 0.15) is 31.5 Å². The Hall–Kier alpha value is -1.09. The van der Waals surface area contributed by atoms with Crippen LogP contribution in [0, 0.1) is 12.8 Å². The van der Waals surface area contributed by atoms with E-state index >= 15 is 0 Å². The van der Waals surface area contributed by atoms with Crippen molar-refractivity contribution in [3.05, 3.63) is 23.4 Å². The quantitative estimate of drug-likeness (QED) is 0.829. The Balaban J connectivity index is 2.80. The molecule has 0 saturated heterocycles. The van der Waals surface area contributed by atoms with E-state index in [1.165, 1.54) is 6.42 Å². The first kappa shape index (κ1) is 13.0. The molecule has 1 heterocycles. The highest BCUT2D eigenvalue weighted by molar-refractivity contribution is 5.46. The van der Waals surface area contributed by atoms with Gasteiger partial charge in [-0.15, -0.1) is 0 Å². The number of hydrogen-bond acceptors (Lipinski definition) is 3. The van der Waals surface area contributed by atoms with Crippen LogP contribution < -0.4 is 10.6 Å². The molecule has 0 spiro atoms. The SMILES string of the molecule is Cc1ccc(CN)c(N(C)CCC(C)C)n1. The van der Waals surface area contributed by atoms with Crippen molar-refractivity contribution in [2.45, 2.75) is 33.7 Å². The van der Waals surface area contributed by atoms with Crippen molar-refractivity contribution in [3.63, 3.8) is 0 Å². The number of nitrogens with two attached hydrogens (primary N) is 1. The summed E-state index contributed by atoms with van der Waals surface area (Å²) in [4.78, 5) is 6.77. The first-order valence-corrected chi connectivity index (χ1v) is 5.92. The zero-order chi connectivity index (χ0) is 12.1. The lowest BCUT2D eigenvalue weighted by Gasteiger charge is -2.22. The summed E-state index contributed by atoms with van der Waals surface area (Å²) in [5, 5.41) is 0. The summed E-state index contributed by atoms with van der Waals surface area (Å²) >= 11 is 0. The number of pyridine rings is 1. The van der Waals surface area contributed by atoms with E-state index in [0.717, 1.165) is 23.6 Å². The lowest BCUT2D eigenvalue weighted by molar-refractivity contribution is 0.583. The summed E-state index contributed by atoms with van der Waals surface area (Å²) in [7, 11) is 2.09. The molecular formula is C13H23N3. The average molecular weight is 221 g/mol. The largest absolute Gasteiger partial charge is 0.359 e. The topological polar surface area (TPSA) is 42.1 Å². The van der Waals surface area contributed by atoms with Crippen LogP contribution >= 0.6 is 0 Å².